The van der Waals surface area contributed by atoms with Crippen molar-refractivity contribution in [3.63, 3.8) is 0 Å². The van der Waals surface area contributed by atoms with Crippen molar-refractivity contribution in [2.24, 2.45) is 23.2 Å². The molecule has 0 aromatic heterocycles. The minimum absolute atomic E-state index is 0.469. The van der Waals surface area contributed by atoms with Crippen LogP contribution < -0.4 is 0 Å². The van der Waals surface area contributed by atoms with Gasteiger partial charge in [-0.3, -0.25) is 0 Å². The Morgan fingerprint density at radius 1 is 1.19 bits per heavy atom. The van der Waals surface area contributed by atoms with Crippen molar-refractivity contribution in [3.8, 4) is 0 Å². The van der Waals surface area contributed by atoms with Crippen molar-refractivity contribution in [1.29, 1.82) is 0 Å². The zero-order chi connectivity index (χ0) is 18.9. The summed E-state index contributed by atoms with van der Waals surface area (Å²) in [6.45, 7) is 11.1. The molecule has 6 atom stereocenters. The Balaban J connectivity index is 1.76. The van der Waals surface area contributed by atoms with Crippen molar-refractivity contribution >= 4 is 0 Å². The second-order valence-electron chi connectivity index (χ2n) is 9.44. The van der Waals surface area contributed by atoms with Gasteiger partial charge in [0, 0.05) is 0 Å². The van der Waals surface area contributed by atoms with Crippen LogP contribution in [0.4, 0.5) is 0 Å². The average Bonchev–Trinajstić information content (AvgIpc) is 2.95. The second-order valence-corrected chi connectivity index (χ2v) is 9.44. The SMILES string of the molecule is C=C1[C@H](O)CC(=CC=C2CCC[C@@]3(C)C2CCC3[C@@H](C)CCC)C[C@H]1O. The van der Waals surface area contributed by atoms with E-state index in [-0.39, 0.29) is 0 Å². The van der Waals surface area contributed by atoms with Gasteiger partial charge in [-0.2, -0.15) is 0 Å². The van der Waals surface area contributed by atoms with E-state index in [1.165, 1.54) is 44.9 Å². The third-order valence-electron chi connectivity index (χ3n) is 7.77. The Morgan fingerprint density at radius 3 is 2.54 bits per heavy atom. The van der Waals surface area contributed by atoms with Gasteiger partial charge < -0.3 is 10.2 Å². The highest BCUT2D eigenvalue weighted by atomic mass is 16.3. The summed E-state index contributed by atoms with van der Waals surface area (Å²) in [5, 5.41) is 20.1. The monoisotopic (exact) mass is 358 g/mol. The summed E-state index contributed by atoms with van der Waals surface area (Å²) >= 11 is 0. The molecule has 0 aromatic carbocycles. The third kappa shape index (κ3) is 3.73. The van der Waals surface area contributed by atoms with Crippen molar-refractivity contribution in [1.82, 2.24) is 0 Å². The summed E-state index contributed by atoms with van der Waals surface area (Å²) in [6.07, 6.45) is 13.9. The molecule has 0 bridgehead atoms. The predicted molar refractivity (Wildman–Crippen MR) is 109 cm³/mol. The lowest BCUT2D eigenvalue weighted by molar-refractivity contribution is 0.0940. The molecule has 3 fully saturated rings. The molecule has 0 aromatic rings. The maximum absolute atomic E-state index is 10.1. The minimum Gasteiger partial charge on any atom is -0.388 e. The Hall–Kier alpha value is -0.860. The molecular formula is C24H38O2. The molecule has 3 rings (SSSR count). The highest BCUT2D eigenvalue weighted by molar-refractivity contribution is 5.29. The van der Waals surface area contributed by atoms with Crippen molar-refractivity contribution in [2.45, 2.75) is 90.8 Å². The normalized spacial score (nSPS) is 40.6. The molecule has 146 valence electrons. The smallest absolute Gasteiger partial charge is 0.0809 e. The Bertz CT molecular complexity index is 571. The van der Waals surface area contributed by atoms with Gasteiger partial charge in [-0.25, -0.2) is 0 Å². The number of fused-ring (bicyclic) bond motifs is 1. The van der Waals surface area contributed by atoms with Gasteiger partial charge in [0.25, 0.3) is 0 Å². The second kappa shape index (κ2) is 8.02. The molecule has 3 aliphatic rings. The van der Waals surface area contributed by atoms with Crippen molar-refractivity contribution in [3.05, 3.63) is 35.5 Å². The van der Waals surface area contributed by atoms with Gasteiger partial charge in [-0.1, -0.05) is 63.5 Å². The molecule has 3 aliphatic carbocycles. The number of allylic oxidation sites excluding steroid dienone is 3. The average molecular weight is 359 g/mol. The summed E-state index contributed by atoms with van der Waals surface area (Å²) in [4.78, 5) is 0. The van der Waals surface area contributed by atoms with E-state index in [1.54, 1.807) is 5.57 Å². The standard InChI is InChI=1S/C24H38O2/c1-5-7-16(2)20-11-12-21-19(8-6-13-24(20,21)4)10-9-18-14-22(25)17(3)23(26)15-18/h9-10,16,20-23,25-26H,3,5-8,11-15H2,1-2,4H3/t16-,20?,21?,22+,23+,24+/m0/s1. The lowest BCUT2D eigenvalue weighted by atomic mass is 9.61. The van der Waals surface area contributed by atoms with Crippen LogP contribution in [-0.4, -0.2) is 22.4 Å². The fourth-order valence-corrected chi connectivity index (χ4v) is 6.30. The van der Waals surface area contributed by atoms with Crippen LogP contribution in [0.5, 0.6) is 0 Å². The van der Waals surface area contributed by atoms with Crippen LogP contribution in [0.15, 0.2) is 35.5 Å². The fourth-order valence-electron chi connectivity index (χ4n) is 6.30. The molecule has 26 heavy (non-hydrogen) atoms. The Morgan fingerprint density at radius 2 is 1.88 bits per heavy atom. The summed E-state index contributed by atoms with van der Waals surface area (Å²) < 4.78 is 0. The molecule has 0 heterocycles. The summed E-state index contributed by atoms with van der Waals surface area (Å²) in [6, 6.07) is 0. The van der Waals surface area contributed by atoms with E-state index in [0.717, 1.165) is 23.3 Å². The zero-order valence-corrected chi connectivity index (χ0v) is 17.0. The van der Waals surface area contributed by atoms with Gasteiger partial charge in [0.1, 0.15) is 0 Å². The maximum atomic E-state index is 10.1. The number of aliphatic hydroxyl groups excluding tert-OH is 2. The number of hydrogen-bond donors (Lipinski definition) is 2. The van der Waals surface area contributed by atoms with Crippen molar-refractivity contribution < 1.29 is 10.2 Å². The van der Waals surface area contributed by atoms with E-state index in [2.05, 4.69) is 39.5 Å². The molecule has 2 nitrogen and oxygen atoms in total. The number of aliphatic hydroxyl groups is 2. The Labute approximate surface area is 160 Å². The highest BCUT2D eigenvalue weighted by Gasteiger charge is 2.50. The first-order valence-electron chi connectivity index (χ1n) is 10.8. The maximum Gasteiger partial charge on any atom is 0.0809 e. The van der Waals surface area contributed by atoms with Crippen LogP contribution in [0.25, 0.3) is 0 Å². The first kappa shape index (κ1) is 19.9. The first-order valence-corrected chi connectivity index (χ1v) is 10.8. The molecule has 2 N–H and O–H groups in total. The van der Waals surface area contributed by atoms with Crippen LogP contribution in [0.1, 0.15) is 78.6 Å². The Kier molecular flexibility index (Phi) is 6.14. The molecule has 0 radical (unpaired) electrons. The van der Waals surface area contributed by atoms with Crippen LogP contribution in [-0.2, 0) is 0 Å². The van der Waals surface area contributed by atoms with Gasteiger partial charge in [-0.05, 0) is 73.7 Å². The third-order valence-corrected chi connectivity index (χ3v) is 7.77. The topological polar surface area (TPSA) is 40.5 Å². The van der Waals surface area contributed by atoms with Crippen LogP contribution in [0.3, 0.4) is 0 Å². The first-order chi connectivity index (χ1) is 12.4. The lowest BCUT2D eigenvalue weighted by Crippen LogP contribution is -2.36. The lowest BCUT2D eigenvalue weighted by Gasteiger charge is -2.44. The molecule has 0 aliphatic heterocycles. The number of rotatable bonds is 4. The van der Waals surface area contributed by atoms with Crippen LogP contribution >= 0.6 is 0 Å². The predicted octanol–water partition coefficient (Wildman–Crippen LogP) is 5.56. The summed E-state index contributed by atoms with van der Waals surface area (Å²) in [5.41, 5.74) is 3.82. The fraction of sp³-hybridized carbons (Fsp3) is 0.750. The molecule has 2 unspecified atom stereocenters. The van der Waals surface area contributed by atoms with Crippen molar-refractivity contribution in [2.75, 3.05) is 0 Å². The van der Waals surface area contributed by atoms with Crippen LogP contribution in [0, 0.1) is 23.2 Å². The van der Waals surface area contributed by atoms with Gasteiger partial charge in [0.2, 0.25) is 0 Å². The molecular weight excluding hydrogens is 320 g/mol. The molecule has 0 spiro atoms. The molecule has 0 amide bonds. The van der Waals surface area contributed by atoms with E-state index in [1.807, 2.05) is 0 Å². The van der Waals surface area contributed by atoms with Gasteiger partial charge in [0.05, 0.1) is 12.2 Å². The summed E-state index contributed by atoms with van der Waals surface area (Å²) in [7, 11) is 0. The summed E-state index contributed by atoms with van der Waals surface area (Å²) in [5.74, 6) is 2.43. The van der Waals surface area contributed by atoms with E-state index in [0.29, 0.717) is 23.8 Å². The van der Waals surface area contributed by atoms with E-state index in [4.69, 9.17) is 0 Å². The van der Waals surface area contributed by atoms with E-state index >= 15 is 0 Å². The molecule has 2 heteroatoms. The zero-order valence-electron chi connectivity index (χ0n) is 17.0. The van der Waals surface area contributed by atoms with E-state index in [9.17, 15) is 10.2 Å². The van der Waals surface area contributed by atoms with E-state index < -0.39 is 12.2 Å². The quantitative estimate of drug-likeness (QED) is 0.646. The number of hydrogen-bond acceptors (Lipinski definition) is 2. The van der Waals surface area contributed by atoms with Gasteiger partial charge in [0.15, 0.2) is 0 Å². The van der Waals surface area contributed by atoms with Crippen LogP contribution in [0.2, 0.25) is 0 Å². The molecule has 0 saturated heterocycles. The molecule has 3 saturated carbocycles. The largest absolute Gasteiger partial charge is 0.388 e. The van der Waals surface area contributed by atoms with Gasteiger partial charge >= 0.3 is 0 Å². The highest BCUT2D eigenvalue weighted by Crippen LogP contribution is 2.59. The minimum atomic E-state index is -0.592. The van der Waals surface area contributed by atoms with Gasteiger partial charge in [-0.15, -0.1) is 0 Å².